The van der Waals surface area contributed by atoms with Gasteiger partial charge in [0, 0.05) is 0 Å². The van der Waals surface area contributed by atoms with Crippen molar-refractivity contribution in [2.45, 2.75) is 25.3 Å². The molecule has 0 spiro atoms. The number of aliphatic hydroxyl groups is 2. The first kappa shape index (κ1) is 13.8. The number of benzene rings is 1. The number of alkyl halides is 3. The maximum Gasteiger partial charge on any atom is 0.417 e. The summed E-state index contributed by atoms with van der Waals surface area (Å²) in [6, 6.07) is 5.95. The van der Waals surface area contributed by atoms with Gasteiger partial charge in [0.25, 0.3) is 0 Å². The SMILES string of the molecule is C[C@H](O)c1ccc(OCC(O)C(F)(F)F)cc1. The van der Waals surface area contributed by atoms with Crippen molar-refractivity contribution < 1.29 is 28.1 Å². The summed E-state index contributed by atoms with van der Waals surface area (Å²) < 4.78 is 40.7. The Balaban J connectivity index is 2.53. The van der Waals surface area contributed by atoms with Crippen LogP contribution in [0.2, 0.25) is 0 Å². The van der Waals surface area contributed by atoms with Crippen LogP contribution in [0.1, 0.15) is 18.6 Å². The van der Waals surface area contributed by atoms with E-state index in [-0.39, 0.29) is 5.75 Å². The van der Waals surface area contributed by atoms with Gasteiger partial charge in [-0.15, -0.1) is 0 Å². The molecule has 1 aromatic rings. The molecule has 0 aliphatic heterocycles. The number of hydrogen-bond donors (Lipinski definition) is 2. The Labute approximate surface area is 96.5 Å². The zero-order valence-electron chi connectivity index (χ0n) is 9.11. The molecule has 1 unspecified atom stereocenters. The minimum atomic E-state index is -4.68. The van der Waals surface area contributed by atoms with Crippen molar-refractivity contribution in [2.75, 3.05) is 6.61 Å². The molecule has 0 fully saturated rings. The van der Waals surface area contributed by atoms with E-state index >= 15 is 0 Å². The molecular formula is C11H13F3O3. The lowest BCUT2D eigenvalue weighted by Gasteiger charge is -2.15. The molecule has 0 amide bonds. The third kappa shape index (κ3) is 4.24. The van der Waals surface area contributed by atoms with E-state index < -0.39 is 25.0 Å². The molecule has 1 rings (SSSR count). The fourth-order valence-corrected chi connectivity index (χ4v) is 1.11. The molecule has 0 bridgehead atoms. The highest BCUT2D eigenvalue weighted by Crippen LogP contribution is 2.22. The van der Waals surface area contributed by atoms with Crippen molar-refractivity contribution in [1.29, 1.82) is 0 Å². The molecule has 0 saturated carbocycles. The fraction of sp³-hybridized carbons (Fsp3) is 0.455. The molecule has 0 aliphatic carbocycles. The predicted molar refractivity (Wildman–Crippen MR) is 54.6 cm³/mol. The fourth-order valence-electron chi connectivity index (χ4n) is 1.11. The van der Waals surface area contributed by atoms with Crippen LogP contribution in [0.4, 0.5) is 13.2 Å². The van der Waals surface area contributed by atoms with Crippen molar-refractivity contribution >= 4 is 0 Å². The summed E-state index contributed by atoms with van der Waals surface area (Å²) in [5, 5.41) is 17.9. The summed E-state index contributed by atoms with van der Waals surface area (Å²) in [4.78, 5) is 0. The summed E-state index contributed by atoms with van der Waals surface area (Å²) in [7, 11) is 0. The van der Waals surface area contributed by atoms with Crippen molar-refractivity contribution in [2.24, 2.45) is 0 Å². The molecule has 6 heteroatoms. The van der Waals surface area contributed by atoms with Crippen molar-refractivity contribution in [3.63, 3.8) is 0 Å². The molecule has 0 aliphatic rings. The lowest BCUT2D eigenvalue weighted by molar-refractivity contribution is -0.210. The first-order valence-electron chi connectivity index (χ1n) is 4.96. The lowest BCUT2D eigenvalue weighted by atomic mass is 10.1. The average Bonchev–Trinajstić information content (AvgIpc) is 2.25. The Bertz CT molecular complexity index is 346. The summed E-state index contributed by atoms with van der Waals surface area (Å²) >= 11 is 0. The van der Waals surface area contributed by atoms with Crippen LogP contribution in [0.25, 0.3) is 0 Å². The van der Waals surface area contributed by atoms with Gasteiger partial charge in [-0.2, -0.15) is 13.2 Å². The molecule has 0 aromatic heterocycles. The van der Waals surface area contributed by atoms with Crippen molar-refractivity contribution in [1.82, 2.24) is 0 Å². The first-order chi connectivity index (χ1) is 7.80. The molecule has 0 heterocycles. The third-order valence-corrected chi connectivity index (χ3v) is 2.15. The molecule has 2 N–H and O–H groups in total. The summed E-state index contributed by atoms with van der Waals surface area (Å²) in [5.74, 6) is 0.206. The second-order valence-electron chi connectivity index (χ2n) is 3.61. The third-order valence-electron chi connectivity index (χ3n) is 2.15. The minimum absolute atomic E-state index is 0.206. The van der Waals surface area contributed by atoms with E-state index in [1.54, 1.807) is 19.1 Å². The molecule has 0 radical (unpaired) electrons. The zero-order chi connectivity index (χ0) is 13.1. The van der Waals surface area contributed by atoms with Gasteiger partial charge in [-0.3, -0.25) is 0 Å². The van der Waals surface area contributed by atoms with Crippen LogP contribution in [0.5, 0.6) is 5.75 Å². The number of ether oxygens (including phenoxy) is 1. The van der Waals surface area contributed by atoms with Crippen LogP contribution in [0, 0.1) is 0 Å². The van der Waals surface area contributed by atoms with Gasteiger partial charge in [-0.25, -0.2) is 0 Å². The molecule has 1 aromatic carbocycles. The van der Waals surface area contributed by atoms with Gasteiger partial charge in [0.1, 0.15) is 12.4 Å². The number of halogens is 3. The van der Waals surface area contributed by atoms with Gasteiger partial charge in [0.15, 0.2) is 6.10 Å². The largest absolute Gasteiger partial charge is 0.491 e. The number of rotatable bonds is 4. The highest BCUT2D eigenvalue weighted by molar-refractivity contribution is 5.28. The molecule has 96 valence electrons. The molecule has 17 heavy (non-hydrogen) atoms. The number of hydrogen-bond acceptors (Lipinski definition) is 3. The van der Waals surface area contributed by atoms with Crippen LogP contribution in [-0.4, -0.2) is 29.1 Å². The van der Waals surface area contributed by atoms with Crippen LogP contribution in [0.3, 0.4) is 0 Å². The first-order valence-corrected chi connectivity index (χ1v) is 4.96. The van der Waals surface area contributed by atoms with E-state index in [2.05, 4.69) is 0 Å². The maximum atomic E-state index is 12.0. The van der Waals surface area contributed by atoms with Crippen molar-refractivity contribution in [3.05, 3.63) is 29.8 Å². The Morgan fingerprint density at radius 3 is 2.12 bits per heavy atom. The summed E-state index contributed by atoms with van der Waals surface area (Å²) in [6.45, 7) is 0.723. The smallest absolute Gasteiger partial charge is 0.417 e. The van der Waals surface area contributed by atoms with Crippen LogP contribution >= 0.6 is 0 Å². The second-order valence-corrected chi connectivity index (χ2v) is 3.61. The van der Waals surface area contributed by atoms with Gasteiger partial charge >= 0.3 is 6.18 Å². The normalized spacial score (nSPS) is 15.4. The van der Waals surface area contributed by atoms with Gasteiger partial charge < -0.3 is 14.9 Å². The van der Waals surface area contributed by atoms with Crippen molar-refractivity contribution in [3.8, 4) is 5.75 Å². The van der Waals surface area contributed by atoms with Crippen LogP contribution < -0.4 is 4.74 Å². The maximum absolute atomic E-state index is 12.0. The highest BCUT2D eigenvalue weighted by atomic mass is 19.4. The average molecular weight is 250 g/mol. The lowest BCUT2D eigenvalue weighted by Crippen LogP contribution is -2.34. The molecule has 3 nitrogen and oxygen atoms in total. The topological polar surface area (TPSA) is 49.7 Å². The Morgan fingerprint density at radius 1 is 1.18 bits per heavy atom. The Kier molecular flexibility index (Phi) is 4.36. The molecule has 0 saturated heterocycles. The van der Waals surface area contributed by atoms with E-state index in [4.69, 9.17) is 9.84 Å². The van der Waals surface area contributed by atoms with Gasteiger partial charge in [0.2, 0.25) is 0 Å². The highest BCUT2D eigenvalue weighted by Gasteiger charge is 2.38. The Morgan fingerprint density at radius 2 is 1.71 bits per heavy atom. The second kappa shape index (κ2) is 5.37. The van der Waals surface area contributed by atoms with Crippen LogP contribution in [0.15, 0.2) is 24.3 Å². The monoisotopic (exact) mass is 250 g/mol. The standard InChI is InChI=1S/C11H13F3O3/c1-7(15)8-2-4-9(5-3-8)17-6-10(16)11(12,13)14/h2-5,7,10,15-16H,6H2,1H3/t7-,10?/m0/s1. The van der Waals surface area contributed by atoms with E-state index in [1.807, 2.05) is 0 Å². The zero-order valence-corrected chi connectivity index (χ0v) is 9.11. The molecular weight excluding hydrogens is 237 g/mol. The summed E-state index contributed by atoms with van der Waals surface area (Å²) in [6.07, 6.45) is -7.83. The predicted octanol–water partition coefficient (Wildman–Crippen LogP) is 2.04. The van der Waals surface area contributed by atoms with E-state index in [9.17, 15) is 18.3 Å². The summed E-state index contributed by atoms with van der Waals surface area (Å²) in [5.41, 5.74) is 0.633. The quantitative estimate of drug-likeness (QED) is 0.859. The Hall–Kier alpha value is -1.27. The van der Waals surface area contributed by atoms with Gasteiger partial charge in [0.05, 0.1) is 6.10 Å². The number of aliphatic hydroxyl groups excluding tert-OH is 2. The van der Waals surface area contributed by atoms with E-state index in [0.29, 0.717) is 5.56 Å². The van der Waals surface area contributed by atoms with Gasteiger partial charge in [-0.1, -0.05) is 12.1 Å². The molecule has 2 atom stereocenters. The van der Waals surface area contributed by atoms with E-state index in [0.717, 1.165) is 0 Å². The minimum Gasteiger partial charge on any atom is -0.491 e. The van der Waals surface area contributed by atoms with E-state index in [1.165, 1.54) is 12.1 Å². The van der Waals surface area contributed by atoms with Crippen LogP contribution in [-0.2, 0) is 0 Å². The van der Waals surface area contributed by atoms with Gasteiger partial charge in [-0.05, 0) is 24.6 Å².